The van der Waals surface area contributed by atoms with Crippen LogP contribution in [0.2, 0.25) is 0 Å². The van der Waals surface area contributed by atoms with E-state index >= 15 is 0 Å². The number of carbonyl (C=O) groups excluding carboxylic acids is 1. The molecule has 1 aromatic carbocycles. The maximum absolute atomic E-state index is 13.7. The third-order valence-corrected chi connectivity index (χ3v) is 9.27. The van der Waals surface area contributed by atoms with E-state index in [-0.39, 0.29) is 18.4 Å². The molecule has 1 amide bonds. The summed E-state index contributed by atoms with van der Waals surface area (Å²) >= 11 is 0. The van der Waals surface area contributed by atoms with Gasteiger partial charge in [0.05, 0.1) is 17.6 Å². The summed E-state index contributed by atoms with van der Waals surface area (Å²) in [5, 5.41) is 22.9. The Bertz CT molecular complexity index is 1200. The van der Waals surface area contributed by atoms with Gasteiger partial charge >= 0.3 is 6.18 Å². The molecule has 2 bridgehead atoms. The predicted molar refractivity (Wildman–Crippen MR) is 130 cm³/mol. The highest BCUT2D eigenvalue weighted by Crippen LogP contribution is 2.57. The Morgan fingerprint density at radius 1 is 1.11 bits per heavy atom. The number of phenols is 1. The van der Waals surface area contributed by atoms with E-state index in [1.165, 1.54) is 6.07 Å². The SMILES string of the molecule is O=C(Cc1ccccn1)N1CC[C@]23CCN(CC4CC4)[C@H](Cc4cc(C(F)(F)F)c(O)cc42)[C@]3(O)CC1. The summed E-state index contributed by atoms with van der Waals surface area (Å²) in [5.41, 5.74) is -1.22. The van der Waals surface area contributed by atoms with E-state index in [1.807, 2.05) is 12.1 Å². The largest absolute Gasteiger partial charge is 0.507 e. The second-order valence-corrected chi connectivity index (χ2v) is 11.3. The van der Waals surface area contributed by atoms with Crippen LogP contribution >= 0.6 is 0 Å². The first-order valence-corrected chi connectivity index (χ1v) is 13.2. The number of aromatic nitrogens is 1. The van der Waals surface area contributed by atoms with Crippen molar-refractivity contribution < 1.29 is 28.2 Å². The Labute approximate surface area is 214 Å². The Balaban J connectivity index is 1.38. The molecule has 2 aliphatic carbocycles. The van der Waals surface area contributed by atoms with Crippen LogP contribution in [0.5, 0.6) is 5.75 Å². The van der Waals surface area contributed by atoms with Gasteiger partial charge in [-0.05, 0) is 86.4 Å². The number of amides is 1. The molecule has 0 spiro atoms. The molecule has 1 saturated carbocycles. The molecule has 3 heterocycles. The summed E-state index contributed by atoms with van der Waals surface area (Å²) in [6, 6.07) is 7.46. The highest BCUT2D eigenvalue weighted by atomic mass is 19.4. The molecule has 4 aliphatic rings. The maximum Gasteiger partial charge on any atom is 0.419 e. The summed E-state index contributed by atoms with van der Waals surface area (Å²) in [5.74, 6) is -0.295. The van der Waals surface area contributed by atoms with Crippen molar-refractivity contribution in [2.24, 2.45) is 5.92 Å². The normalized spacial score (nSPS) is 29.8. The van der Waals surface area contributed by atoms with Crippen LogP contribution in [0.3, 0.4) is 0 Å². The van der Waals surface area contributed by atoms with E-state index in [1.54, 1.807) is 17.2 Å². The minimum atomic E-state index is -4.66. The number of phenolic OH excluding ortho intramolecular Hbond substituents is 1. The molecule has 2 aromatic rings. The second kappa shape index (κ2) is 8.70. The molecule has 6 nitrogen and oxygen atoms in total. The Kier molecular flexibility index (Phi) is 5.80. The number of hydrogen-bond donors (Lipinski definition) is 2. The highest BCUT2D eigenvalue weighted by Gasteiger charge is 2.63. The second-order valence-electron chi connectivity index (χ2n) is 11.3. The Morgan fingerprint density at radius 3 is 2.57 bits per heavy atom. The molecule has 0 radical (unpaired) electrons. The highest BCUT2D eigenvalue weighted by molar-refractivity contribution is 5.78. The lowest BCUT2D eigenvalue weighted by Gasteiger charge is -2.61. The van der Waals surface area contributed by atoms with Gasteiger partial charge in [-0.25, -0.2) is 0 Å². The Hall–Kier alpha value is -2.65. The average Bonchev–Trinajstić information content (AvgIpc) is 3.67. The first kappa shape index (κ1) is 24.7. The van der Waals surface area contributed by atoms with Gasteiger partial charge in [0, 0.05) is 43.0 Å². The van der Waals surface area contributed by atoms with Gasteiger partial charge in [-0.2, -0.15) is 13.2 Å². The molecule has 2 N–H and O–H groups in total. The molecule has 198 valence electrons. The molecule has 0 unspecified atom stereocenters. The number of aliphatic hydroxyl groups is 1. The Morgan fingerprint density at radius 2 is 1.86 bits per heavy atom. The number of piperidine rings is 1. The number of alkyl halides is 3. The van der Waals surface area contributed by atoms with Crippen molar-refractivity contribution in [3.05, 3.63) is 58.9 Å². The van der Waals surface area contributed by atoms with Gasteiger partial charge in [-0.1, -0.05) is 6.07 Å². The molecule has 37 heavy (non-hydrogen) atoms. The van der Waals surface area contributed by atoms with Crippen LogP contribution in [0.1, 0.15) is 54.5 Å². The standard InChI is InChI=1S/C28H32F3N3O3/c29-28(30,31)22-13-19-14-24-27(37)8-12-33(25(36)15-20-3-1-2-9-32-20)10-6-26(27,21(19)16-23(22)35)7-11-34(24)17-18-4-5-18/h1-3,9,13,16,18,24,35,37H,4-8,10-12,14-15,17H2/t24-,26+,27-/m1/s1. The lowest BCUT2D eigenvalue weighted by atomic mass is 9.52. The number of likely N-dealkylation sites (tertiary alicyclic amines) is 2. The van der Waals surface area contributed by atoms with E-state index in [0.29, 0.717) is 61.5 Å². The zero-order chi connectivity index (χ0) is 26.0. The van der Waals surface area contributed by atoms with Crippen LogP contribution in [0, 0.1) is 5.92 Å². The third kappa shape index (κ3) is 4.11. The monoisotopic (exact) mass is 515 g/mol. The molecule has 2 saturated heterocycles. The number of aromatic hydroxyl groups is 1. The number of nitrogens with zero attached hydrogens (tertiary/aromatic N) is 3. The van der Waals surface area contributed by atoms with Gasteiger partial charge in [-0.15, -0.1) is 0 Å². The quantitative estimate of drug-likeness (QED) is 0.650. The van der Waals surface area contributed by atoms with Crippen molar-refractivity contribution in [2.75, 3.05) is 26.2 Å². The van der Waals surface area contributed by atoms with Gasteiger partial charge in [0.1, 0.15) is 5.75 Å². The van der Waals surface area contributed by atoms with E-state index in [0.717, 1.165) is 32.0 Å². The molecule has 3 fully saturated rings. The zero-order valence-corrected chi connectivity index (χ0v) is 20.7. The van der Waals surface area contributed by atoms with Crippen LogP contribution in [-0.2, 0) is 29.2 Å². The molecular weight excluding hydrogens is 483 g/mol. The van der Waals surface area contributed by atoms with Crippen molar-refractivity contribution in [1.82, 2.24) is 14.8 Å². The number of pyridine rings is 1. The molecule has 6 rings (SSSR count). The number of benzene rings is 1. The maximum atomic E-state index is 13.7. The van der Waals surface area contributed by atoms with Crippen molar-refractivity contribution in [3.63, 3.8) is 0 Å². The van der Waals surface area contributed by atoms with Crippen LogP contribution in [0.4, 0.5) is 13.2 Å². The average molecular weight is 516 g/mol. The predicted octanol–water partition coefficient (Wildman–Crippen LogP) is 3.68. The lowest BCUT2D eigenvalue weighted by Crippen LogP contribution is -2.71. The van der Waals surface area contributed by atoms with E-state index in [2.05, 4.69) is 9.88 Å². The minimum Gasteiger partial charge on any atom is -0.507 e. The fourth-order valence-electron chi connectivity index (χ4n) is 7.17. The van der Waals surface area contributed by atoms with Gasteiger partial charge in [0.2, 0.25) is 5.91 Å². The summed E-state index contributed by atoms with van der Waals surface area (Å²) in [7, 11) is 0. The first-order valence-electron chi connectivity index (χ1n) is 13.2. The van der Waals surface area contributed by atoms with Gasteiger partial charge in [0.25, 0.3) is 0 Å². The third-order valence-electron chi connectivity index (χ3n) is 9.27. The van der Waals surface area contributed by atoms with Crippen LogP contribution in [-0.4, -0.2) is 68.7 Å². The summed E-state index contributed by atoms with van der Waals surface area (Å²) < 4.78 is 41.1. The number of rotatable bonds is 4. The van der Waals surface area contributed by atoms with E-state index < -0.39 is 28.5 Å². The number of carbonyl (C=O) groups is 1. The molecule has 3 atom stereocenters. The summed E-state index contributed by atoms with van der Waals surface area (Å²) in [6.07, 6.45) is 1.09. The molecule has 2 aliphatic heterocycles. The fraction of sp³-hybridized carbons (Fsp3) is 0.571. The van der Waals surface area contributed by atoms with E-state index in [4.69, 9.17) is 0 Å². The number of hydrogen-bond acceptors (Lipinski definition) is 5. The van der Waals surface area contributed by atoms with Crippen LogP contribution in [0.25, 0.3) is 0 Å². The van der Waals surface area contributed by atoms with Gasteiger partial charge in [0.15, 0.2) is 0 Å². The van der Waals surface area contributed by atoms with Gasteiger partial charge in [-0.3, -0.25) is 14.7 Å². The van der Waals surface area contributed by atoms with Gasteiger partial charge < -0.3 is 15.1 Å². The summed E-state index contributed by atoms with van der Waals surface area (Å²) in [4.78, 5) is 21.5. The van der Waals surface area contributed by atoms with Crippen LogP contribution < -0.4 is 0 Å². The zero-order valence-electron chi connectivity index (χ0n) is 20.7. The smallest absolute Gasteiger partial charge is 0.419 e. The first-order chi connectivity index (χ1) is 17.6. The molecular formula is C28H32F3N3O3. The van der Waals surface area contributed by atoms with Crippen molar-refractivity contribution >= 4 is 5.91 Å². The minimum absolute atomic E-state index is 0.0720. The number of halogens is 3. The van der Waals surface area contributed by atoms with E-state index in [9.17, 15) is 28.2 Å². The van der Waals surface area contributed by atoms with Crippen molar-refractivity contribution in [3.8, 4) is 5.75 Å². The summed E-state index contributed by atoms with van der Waals surface area (Å²) in [6.45, 7) is 2.35. The van der Waals surface area contributed by atoms with Crippen molar-refractivity contribution in [2.45, 2.75) is 68.2 Å². The lowest BCUT2D eigenvalue weighted by molar-refractivity contribution is -0.150. The molecule has 1 aromatic heterocycles. The number of fused-ring (bicyclic) bond motifs is 1. The van der Waals surface area contributed by atoms with Crippen LogP contribution in [0.15, 0.2) is 36.5 Å². The fourth-order valence-corrected chi connectivity index (χ4v) is 7.17. The molecule has 9 heteroatoms. The topological polar surface area (TPSA) is 76.9 Å². The van der Waals surface area contributed by atoms with Crippen molar-refractivity contribution in [1.29, 1.82) is 0 Å².